The van der Waals surface area contributed by atoms with E-state index in [1.165, 1.54) is 11.1 Å². The molecule has 5 rings (SSSR count). The summed E-state index contributed by atoms with van der Waals surface area (Å²) >= 11 is 6.16. The largest absolute Gasteiger partial charge is 0.338 e. The zero-order valence-electron chi connectivity index (χ0n) is 16.4. The molecule has 30 heavy (non-hydrogen) atoms. The molecule has 4 heterocycles. The van der Waals surface area contributed by atoms with Gasteiger partial charge in [0, 0.05) is 25.3 Å². The number of halogens is 1. The first-order valence-electron chi connectivity index (χ1n) is 9.95. The van der Waals surface area contributed by atoms with E-state index in [-0.39, 0.29) is 28.0 Å². The third kappa shape index (κ3) is 2.95. The van der Waals surface area contributed by atoms with Gasteiger partial charge < -0.3 is 9.97 Å². The number of imidazole rings is 1. The lowest BCUT2D eigenvalue weighted by molar-refractivity contribution is 0.0634. The Morgan fingerprint density at radius 3 is 2.63 bits per heavy atom. The summed E-state index contributed by atoms with van der Waals surface area (Å²) < 4.78 is 0. The first-order chi connectivity index (χ1) is 14.4. The van der Waals surface area contributed by atoms with Gasteiger partial charge in [-0.05, 0) is 44.5 Å². The van der Waals surface area contributed by atoms with Gasteiger partial charge in [-0.2, -0.15) is 0 Å². The van der Waals surface area contributed by atoms with Crippen molar-refractivity contribution in [2.75, 3.05) is 19.6 Å². The van der Waals surface area contributed by atoms with Crippen molar-refractivity contribution in [2.45, 2.75) is 25.8 Å². The molecule has 2 aromatic heterocycles. The Hall–Kier alpha value is -2.97. The molecule has 3 aromatic rings. The van der Waals surface area contributed by atoms with Crippen LogP contribution in [0.5, 0.6) is 0 Å². The molecule has 1 saturated heterocycles. The highest BCUT2D eigenvalue weighted by atomic mass is 35.5. The molecule has 1 aromatic carbocycles. The number of rotatable bonds is 4. The number of hydrogen-bond acceptors (Lipinski definition) is 5. The maximum atomic E-state index is 12.9. The number of aromatic nitrogens is 3. The van der Waals surface area contributed by atoms with Crippen LogP contribution in [0.2, 0.25) is 5.02 Å². The van der Waals surface area contributed by atoms with E-state index in [0.29, 0.717) is 47.1 Å². The molecule has 0 spiro atoms. The summed E-state index contributed by atoms with van der Waals surface area (Å²) in [6.45, 7) is 4.23. The SMILES string of the molecule is CC1CCCN1CCN1C(=O)c2cc3nc(-c4c(Cl)cc[nH]c4=O)[nH]c3cc2C1=O. The van der Waals surface area contributed by atoms with Crippen LogP contribution in [0.3, 0.4) is 0 Å². The molecule has 0 aliphatic carbocycles. The van der Waals surface area contributed by atoms with Gasteiger partial charge in [0.05, 0.1) is 27.2 Å². The van der Waals surface area contributed by atoms with Crippen LogP contribution < -0.4 is 5.56 Å². The number of benzene rings is 1. The first-order valence-corrected chi connectivity index (χ1v) is 10.3. The number of nitrogens with zero attached hydrogens (tertiary/aromatic N) is 3. The van der Waals surface area contributed by atoms with Crippen molar-refractivity contribution in [1.82, 2.24) is 24.8 Å². The lowest BCUT2D eigenvalue weighted by Gasteiger charge is -2.23. The molecule has 8 nitrogen and oxygen atoms in total. The minimum atomic E-state index is -0.372. The Morgan fingerprint density at radius 2 is 1.93 bits per heavy atom. The second kappa shape index (κ2) is 7.07. The molecular formula is C21H20ClN5O3. The van der Waals surface area contributed by atoms with E-state index in [9.17, 15) is 14.4 Å². The van der Waals surface area contributed by atoms with Crippen molar-refractivity contribution < 1.29 is 9.59 Å². The average molecular weight is 426 g/mol. The number of aromatic amines is 2. The normalized spacial score (nSPS) is 19.3. The van der Waals surface area contributed by atoms with E-state index in [0.717, 1.165) is 19.4 Å². The van der Waals surface area contributed by atoms with E-state index in [1.807, 2.05) is 0 Å². The van der Waals surface area contributed by atoms with Gasteiger partial charge in [0.15, 0.2) is 0 Å². The number of pyridine rings is 1. The second-order valence-corrected chi connectivity index (χ2v) is 8.23. The smallest absolute Gasteiger partial charge is 0.261 e. The van der Waals surface area contributed by atoms with Crippen molar-refractivity contribution in [3.05, 3.63) is 50.9 Å². The molecule has 2 N–H and O–H groups in total. The summed E-state index contributed by atoms with van der Waals surface area (Å²) in [6.07, 6.45) is 3.76. The van der Waals surface area contributed by atoms with Gasteiger partial charge in [-0.25, -0.2) is 4.98 Å². The predicted octanol–water partition coefficient (Wildman–Crippen LogP) is 2.65. The molecular weight excluding hydrogens is 406 g/mol. The summed E-state index contributed by atoms with van der Waals surface area (Å²) in [7, 11) is 0. The highest BCUT2D eigenvalue weighted by Crippen LogP contribution is 2.30. The van der Waals surface area contributed by atoms with E-state index in [2.05, 4.69) is 26.8 Å². The molecule has 1 unspecified atom stereocenters. The summed E-state index contributed by atoms with van der Waals surface area (Å²) in [6, 6.07) is 5.28. The fraction of sp³-hybridized carbons (Fsp3) is 0.333. The van der Waals surface area contributed by atoms with Crippen LogP contribution in [-0.4, -0.2) is 62.2 Å². The number of likely N-dealkylation sites (tertiary alicyclic amines) is 1. The van der Waals surface area contributed by atoms with Crippen molar-refractivity contribution in [1.29, 1.82) is 0 Å². The molecule has 0 saturated carbocycles. The van der Waals surface area contributed by atoms with Crippen LogP contribution >= 0.6 is 11.6 Å². The van der Waals surface area contributed by atoms with Gasteiger partial charge in [-0.15, -0.1) is 0 Å². The Morgan fingerprint density at radius 1 is 1.17 bits per heavy atom. The highest BCUT2D eigenvalue weighted by molar-refractivity contribution is 6.33. The maximum absolute atomic E-state index is 12.9. The third-order valence-electron chi connectivity index (χ3n) is 6.02. The molecule has 0 bridgehead atoms. The number of carbonyl (C=O) groups excluding carboxylic acids is 2. The Kier molecular flexibility index (Phi) is 4.48. The van der Waals surface area contributed by atoms with Crippen LogP contribution in [0.25, 0.3) is 22.4 Å². The Bertz CT molecular complexity index is 1190. The summed E-state index contributed by atoms with van der Waals surface area (Å²) in [5.41, 5.74) is 1.61. The zero-order chi connectivity index (χ0) is 21.0. The number of carbonyl (C=O) groups is 2. The molecule has 1 fully saturated rings. The number of hydrogen-bond donors (Lipinski definition) is 2. The lowest BCUT2D eigenvalue weighted by Crippen LogP contribution is -2.39. The summed E-state index contributed by atoms with van der Waals surface area (Å²) in [5, 5.41) is 0.264. The maximum Gasteiger partial charge on any atom is 0.261 e. The van der Waals surface area contributed by atoms with E-state index in [1.54, 1.807) is 18.2 Å². The lowest BCUT2D eigenvalue weighted by atomic mass is 10.1. The van der Waals surface area contributed by atoms with Gasteiger partial charge in [0.2, 0.25) is 0 Å². The van der Waals surface area contributed by atoms with Gasteiger partial charge in [0.25, 0.3) is 17.4 Å². The second-order valence-electron chi connectivity index (χ2n) is 7.82. The van der Waals surface area contributed by atoms with E-state index >= 15 is 0 Å². The molecule has 2 aliphatic heterocycles. The van der Waals surface area contributed by atoms with Gasteiger partial charge >= 0.3 is 0 Å². The van der Waals surface area contributed by atoms with Crippen molar-refractivity contribution >= 4 is 34.4 Å². The van der Waals surface area contributed by atoms with Crippen molar-refractivity contribution in [2.24, 2.45) is 0 Å². The molecule has 2 aliphatic rings. The standard InChI is InChI=1S/C21H20ClN5O3/c1-11-3-2-6-26(11)7-8-27-20(29)12-9-15-16(10-13(12)21(27)30)25-18(24-15)17-14(22)4-5-23-19(17)28/h4-5,9-11H,2-3,6-8H2,1H3,(H,23,28)(H,24,25). The number of amides is 2. The van der Waals surface area contributed by atoms with Crippen LogP contribution in [-0.2, 0) is 0 Å². The number of fused-ring (bicyclic) bond motifs is 2. The van der Waals surface area contributed by atoms with Crippen LogP contribution in [0, 0.1) is 0 Å². The van der Waals surface area contributed by atoms with Gasteiger partial charge in [-0.1, -0.05) is 11.6 Å². The number of nitrogens with one attached hydrogen (secondary N) is 2. The summed E-state index contributed by atoms with van der Waals surface area (Å²) in [5.74, 6) is -0.306. The quantitative estimate of drug-likeness (QED) is 0.625. The summed E-state index contributed by atoms with van der Waals surface area (Å²) in [4.78, 5) is 51.6. The highest BCUT2D eigenvalue weighted by Gasteiger charge is 2.36. The zero-order valence-corrected chi connectivity index (χ0v) is 17.1. The van der Waals surface area contributed by atoms with Gasteiger partial charge in [-0.3, -0.25) is 24.2 Å². The van der Waals surface area contributed by atoms with Crippen LogP contribution in [0.4, 0.5) is 0 Å². The fourth-order valence-electron chi connectivity index (χ4n) is 4.34. The number of imide groups is 1. The predicted molar refractivity (Wildman–Crippen MR) is 113 cm³/mol. The van der Waals surface area contributed by atoms with Crippen LogP contribution in [0.1, 0.15) is 40.5 Å². The number of H-pyrrole nitrogens is 2. The van der Waals surface area contributed by atoms with Crippen LogP contribution in [0.15, 0.2) is 29.2 Å². The van der Waals surface area contributed by atoms with Gasteiger partial charge in [0.1, 0.15) is 11.4 Å². The molecule has 1 atom stereocenters. The van der Waals surface area contributed by atoms with E-state index in [4.69, 9.17) is 11.6 Å². The molecule has 2 amide bonds. The Balaban J connectivity index is 1.46. The molecule has 154 valence electrons. The fourth-order valence-corrected chi connectivity index (χ4v) is 4.58. The van der Waals surface area contributed by atoms with Crippen molar-refractivity contribution in [3.63, 3.8) is 0 Å². The van der Waals surface area contributed by atoms with E-state index < -0.39 is 0 Å². The monoisotopic (exact) mass is 425 g/mol. The minimum absolute atomic E-state index is 0.217. The topological polar surface area (TPSA) is 102 Å². The minimum Gasteiger partial charge on any atom is -0.338 e. The third-order valence-corrected chi connectivity index (χ3v) is 6.34. The van der Waals surface area contributed by atoms with Crippen molar-refractivity contribution in [3.8, 4) is 11.4 Å². The average Bonchev–Trinajstić information content (AvgIpc) is 3.37. The first kappa shape index (κ1) is 19.0. The Labute approximate surface area is 176 Å². The molecule has 9 heteroatoms. The molecule has 0 radical (unpaired) electrons.